The van der Waals surface area contributed by atoms with E-state index in [0.717, 1.165) is 31.6 Å². The molecule has 1 aliphatic heterocycles. The molecule has 0 radical (unpaired) electrons. The predicted octanol–water partition coefficient (Wildman–Crippen LogP) is 2.49. The molecule has 1 fully saturated rings. The third-order valence-electron chi connectivity index (χ3n) is 3.05. The lowest BCUT2D eigenvalue weighted by Crippen LogP contribution is -2.44. The van der Waals surface area contributed by atoms with Crippen molar-refractivity contribution in [3.05, 3.63) is 22.4 Å². The number of hydrogen-bond acceptors (Lipinski definition) is 3. The van der Waals surface area contributed by atoms with Crippen molar-refractivity contribution in [3.63, 3.8) is 0 Å². The zero-order valence-electron chi connectivity index (χ0n) is 10.1. The summed E-state index contributed by atoms with van der Waals surface area (Å²) >= 11 is 12.3. The molecule has 1 aromatic heterocycles. The highest BCUT2D eigenvalue weighted by Crippen LogP contribution is 2.34. The molecule has 2 heterocycles. The third-order valence-corrected chi connectivity index (χ3v) is 3.60. The van der Waals surface area contributed by atoms with Gasteiger partial charge in [0.1, 0.15) is 0 Å². The summed E-state index contributed by atoms with van der Waals surface area (Å²) in [6, 6.07) is 0.248. The molecule has 0 saturated carbocycles. The molecule has 0 aliphatic carbocycles. The summed E-state index contributed by atoms with van der Waals surface area (Å²) in [6.45, 7) is 3.20. The minimum atomic E-state index is 0.0217. The van der Waals surface area contributed by atoms with Gasteiger partial charge in [0.25, 0.3) is 0 Å². The van der Waals surface area contributed by atoms with Crippen LogP contribution >= 0.6 is 23.2 Å². The Morgan fingerprint density at radius 2 is 1.89 bits per heavy atom. The summed E-state index contributed by atoms with van der Waals surface area (Å²) < 4.78 is 0. The monoisotopic (exact) mass is 287 g/mol. The summed E-state index contributed by atoms with van der Waals surface area (Å²) in [7, 11) is 0. The second-order valence-corrected chi connectivity index (χ2v) is 5.23. The first-order chi connectivity index (χ1) is 8.58. The van der Waals surface area contributed by atoms with Crippen molar-refractivity contribution in [2.75, 3.05) is 18.0 Å². The number of pyridine rings is 1. The largest absolute Gasteiger partial charge is 0.369 e. The van der Waals surface area contributed by atoms with E-state index in [0.29, 0.717) is 10.0 Å². The number of carbonyl (C=O) groups is 1. The molecular formula is C12H15Cl2N3O. The van der Waals surface area contributed by atoms with E-state index in [4.69, 9.17) is 23.2 Å². The van der Waals surface area contributed by atoms with Crippen LogP contribution in [0.2, 0.25) is 10.0 Å². The summed E-state index contributed by atoms with van der Waals surface area (Å²) in [5.41, 5.74) is 0.842. The molecule has 0 bridgehead atoms. The van der Waals surface area contributed by atoms with Crippen LogP contribution in [0.1, 0.15) is 19.8 Å². The van der Waals surface area contributed by atoms with Gasteiger partial charge in [0, 0.05) is 38.4 Å². The van der Waals surface area contributed by atoms with Crippen LogP contribution in [-0.4, -0.2) is 30.0 Å². The SMILES string of the molecule is CC(=O)NC1CCN(c2c(Cl)cncc2Cl)CC1. The topological polar surface area (TPSA) is 45.2 Å². The number of amides is 1. The molecule has 1 aromatic rings. The molecule has 1 aliphatic rings. The Bertz CT molecular complexity index is 425. The van der Waals surface area contributed by atoms with Crippen molar-refractivity contribution in [1.29, 1.82) is 0 Å². The van der Waals surface area contributed by atoms with Crippen LogP contribution in [-0.2, 0) is 4.79 Å². The third kappa shape index (κ3) is 3.06. The van der Waals surface area contributed by atoms with Crippen LogP contribution < -0.4 is 10.2 Å². The van der Waals surface area contributed by atoms with Crippen molar-refractivity contribution in [3.8, 4) is 0 Å². The van der Waals surface area contributed by atoms with E-state index in [1.165, 1.54) is 0 Å². The highest BCUT2D eigenvalue weighted by atomic mass is 35.5. The van der Waals surface area contributed by atoms with Crippen molar-refractivity contribution >= 4 is 34.8 Å². The maximum atomic E-state index is 11.0. The molecule has 1 N–H and O–H groups in total. The van der Waals surface area contributed by atoms with Gasteiger partial charge in [-0.25, -0.2) is 0 Å². The van der Waals surface area contributed by atoms with Gasteiger partial charge >= 0.3 is 0 Å². The fourth-order valence-corrected chi connectivity index (χ4v) is 2.85. The fourth-order valence-electron chi connectivity index (χ4n) is 2.24. The highest BCUT2D eigenvalue weighted by molar-refractivity contribution is 6.38. The van der Waals surface area contributed by atoms with Crippen LogP contribution in [0.4, 0.5) is 5.69 Å². The van der Waals surface area contributed by atoms with Gasteiger partial charge < -0.3 is 10.2 Å². The molecule has 6 heteroatoms. The van der Waals surface area contributed by atoms with E-state index in [9.17, 15) is 4.79 Å². The van der Waals surface area contributed by atoms with Gasteiger partial charge in [0.2, 0.25) is 5.91 Å². The predicted molar refractivity (Wildman–Crippen MR) is 73.3 cm³/mol. The first kappa shape index (κ1) is 13.4. The van der Waals surface area contributed by atoms with Gasteiger partial charge in [-0.2, -0.15) is 0 Å². The highest BCUT2D eigenvalue weighted by Gasteiger charge is 2.22. The van der Waals surface area contributed by atoms with Crippen LogP contribution in [0.5, 0.6) is 0 Å². The van der Waals surface area contributed by atoms with E-state index in [-0.39, 0.29) is 11.9 Å². The number of hydrogen-bond donors (Lipinski definition) is 1. The number of rotatable bonds is 2. The van der Waals surface area contributed by atoms with Crippen molar-refractivity contribution < 1.29 is 4.79 Å². The maximum absolute atomic E-state index is 11.0. The number of nitrogens with zero attached hydrogens (tertiary/aromatic N) is 2. The second kappa shape index (κ2) is 5.76. The maximum Gasteiger partial charge on any atom is 0.217 e. The Labute approximate surface area is 116 Å². The Morgan fingerprint density at radius 3 is 2.39 bits per heavy atom. The Balaban J connectivity index is 2.03. The second-order valence-electron chi connectivity index (χ2n) is 4.41. The Morgan fingerprint density at radius 1 is 1.33 bits per heavy atom. The number of aromatic nitrogens is 1. The molecule has 98 valence electrons. The van der Waals surface area contributed by atoms with Gasteiger partial charge in [0.15, 0.2) is 0 Å². The molecule has 18 heavy (non-hydrogen) atoms. The van der Waals surface area contributed by atoms with Crippen molar-refractivity contribution in [2.45, 2.75) is 25.8 Å². The molecule has 0 unspecified atom stereocenters. The Kier molecular flexibility index (Phi) is 4.30. The van der Waals surface area contributed by atoms with Crippen LogP contribution in [0.25, 0.3) is 0 Å². The number of carbonyl (C=O) groups excluding carboxylic acids is 1. The van der Waals surface area contributed by atoms with E-state index < -0.39 is 0 Å². The minimum Gasteiger partial charge on any atom is -0.369 e. The first-order valence-electron chi connectivity index (χ1n) is 5.89. The standard InChI is InChI=1S/C12H15Cl2N3O/c1-8(18)16-9-2-4-17(5-3-9)12-10(13)6-15-7-11(12)14/h6-7,9H,2-5H2,1H3,(H,16,18). The zero-order chi connectivity index (χ0) is 13.1. The molecule has 1 amide bonds. The number of anilines is 1. The molecule has 0 aromatic carbocycles. The fraction of sp³-hybridized carbons (Fsp3) is 0.500. The number of halogens is 2. The number of piperidine rings is 1. The normalized spacial score (nSPS) is 16.7. The lowest BCUT2D eigenvalue weighted by molar-refractivity contribution is -0.119. The van der Waals surface area contributed by atoms with Crippen LogP contribution in [0, 0.1) is 0 Å². The summed E-state index contributed by atoms with van der Waals surface area (Å²) in [5.74, 6) is 0.0217. The van der Waals surface area contributed by atoms with E-state index in [1.807, 2.05) is 0 Å². The Hall–Kier alpha value is -1.00. The smallest absolute Gasteiger partial charge is 0.217 e. The zero-order valence-corrected chi connectivity index (χ0v) is 11.6. The van der Waals surface area contributed by atoms with Gasteiger partial charge in [-0.1, -0.05) is 23.2 Å². The average Bonchev–Trinajstić information content (AvgIpc) is 2.30. The van der Waals surface area contributed by atoms with Gasteiger partial charge in [-0.3, -0.25) is 9.78 Å². The molecular weight excluding hydrogens is 273 g/mol. The van der Waals surface area contributed by atoms with Gasteiger partial charge in [-0.05, 0) is 12.8 Å². The van der Waals surface area contributed by atoms with E-state index >= 15 is 0 Å². The molecule has 4 nitrogen and oxygen atoms in total. The lowest BCUT2D eigenvalue weighted by atomic mass is 10.0. The summed E-state index contributed by atoms with van der Waals surface area (Å²) in [5, 5.41) is 4.08. The summed E-state index contributed by atoms with van der Waals surface area (Å²) in [6.07, 6.45) is 4.99. The van der Waals surface area contributed by atoms with Gasteiger partial charge in [-0.15, -0.1) is 0 Å². The van der Waals surface area contributed by atoms with Crippen LogP contribution in [0.3, 0.4) is 0 Å². The average molecular weight is 288 g/mol. The van der Waals surface area contributed by atoms with E-state index in [2.05, 4.69) is 15.2 Å². The molecule has 2 rings (SSSR count). The minimum absolute atomic E-state index is 0.0217. The molecule has 1 saturated heterocycles. The van der Waals surface area contributed by atoms with Crippen LogP contribution in [0.15, 0.2) is 12.4 Å². The van der Waals surface area contributed by atoms with E-state index in [1.54, 1.807) is 19.3 Å². The van der Waals surface area contributed by atoms with Crippen molar-refractivity contribution in [2.24, 2.45) is 0 Å². The van der Waals surface area contributed by atoms with Crippen molar-refractivity contribution in [1.82, 2.24) is 10.3 Å². The number of nitrogens with one attached hydrogen (secondary N) is 1. The summed E-state index contributed by atoms with van der Waals surface area (Å²) in [4.78, 5) is 17.1. The molecule has 0 atom stereocenters. The lowest BCUT2D eigenvalue weighted by Gasteiger charge is -2.34. The first-order valence-corrected chi connectivity index (χ1v) is 6.64. The van der Waals surface area contributed by atoms with Gasteiger partial charge in [0.05, 0.1) is 15.7 Å². The molecule has 0 spiro atoms. The quantitative estimate of drug-likeness (QED) is 0.909.